The second-order valence-electron chi connectivity index (χ2n) is 9.35. The van der Waals surface area contributed by atoms with Gasteiger partial charge in [0, 0.05) is 28.5 Å². The van der Waals surface area contributed by atoms with Crippen molar-refractivity contribution >= 4 is 43.5 Å². The first-order valence-corrected chi connectivity index (χ1v) is 12.0. The van der Waals surface area contributed by atoms with Crippen LogP contribution < -0.4 is 4.57 Å². The number of benzene rings is 5. The monoisotopic (exact) mass is 469 g/mol. The van der Waals surface area contributed by atoms with Crippen LogP contribution in [0.5, 0.6) is 0 Å². The van der Waals surface area contributed by atoms with Gasteiger partial charge in [-0.3, -0.25) is 0 Å². The molecule has 0 fully saturated rings. The molecule has 0 aliphatic rings. The van der Waals surface area contributed by atoms with Gasteiger partial charge in [0.1, 0.15) is 24.0 Å². The minimum Gasteiger partial charge on any atom is -0.454 e. The lowest BCUT2D eigenvalue weighted by Gasteiger charge is -2.11. The Balaban J connectivity index is 1.65. The van der Waals surface area contributed by atoms with Gasteiger partial charge in [-0.05, 0) is 63.8 Å². The molecule has 0 aliphatic heterocycles. The maximum absolute atomic E-state index is 15.3. The van der Waals surface area contributed by atoms with E-state index in [4.69, 9.17) is 4.42 Å². The Hall–Kier alpha value is -4.50. The molecule has 7 aromatic rings. The van der Waals surface area contributed by atoms with E-state index in [9.17, 15) is 1.37 Å². The molecule has 0 saturated heterocycles. The quantitative estimate of drug-likeness (QED) is 0.183. The molecular formula is C33H23FNO+. The molecule has 0 radical (unpaired) electrons. The molecule has 7 rings (SSSR count). The van der Waals surface area contributed by atoms with Gasteiger partial charge in [0.05, 0.1) is 6.93 Å². The summed E-state index contributed by atoms with van der Waals surface area (Å²) in [6.45, 7) is 2.06. The van der Waals surface area contributed by atoms with Gasteiger partial charge in [0.15, 0.2) is 6.20 Å². The summed E-state index contributed by atoms with van der Waals surface area (Å²) in [6.07, 6.45) is 2.01. The van der Waals surface area contributed by atoms with Crippen LogP contribution >= 0.6 is 0 Å². The molecule has 0 N–H and O–H groups in total. The fraction of sp³-hybridized carbons (Fsp3) is 0.0606. The van der Waals surface area contributed by atoms with Crippen LogP contribution in [0.2, 0.25) is 0 Å². The van der Waals surface area contributed by atoms with Crippen LogP contribution in [0.1, 0.15) is 6.93 Å². The average Bonchev–Trinajstić information content (AvgIpc) is 3.28. The van der Waals surface area contributed by atoms with Crippen molar-refractivity contribution in [2.45, 2.75) is 6.92 Å². The van der Waals surface area contributed by atoms with Crippen molar-refractivity contribution in [3.63, 3.8) is 0 Å². The summed E-state index contributed by atoms with van der Waals surface area (Å²) in [4.78, 5) is 0. The summed E-state index contributed by atoms with van der Waals surface area (Å²) in [5, 5.41) is 5.35. The number of pyridine rings is 1. The van der Waals surface area contributed by atoms with Gasteiger partial charge in [0.25, 0.3) is 0 Å². The number of hydrogen-bond donors (Lipinski definition) is 0. The number of rotatable bonds is 2. The topological polar surface area (TPSA) is 17.0 Å². The third-order valence-electron chi connectivity index (χ3n) is 7.17. The van der Waals surface area contributed by atoms with E-state index in [1.807, 2.05) is 73.9 Å². The Labute approximate surface area is 209 Å². The van der Waals surface area contributed by atoms with Crippen LogP contribution in [0.4, 0.5) is 4.39 Å². The van der Waals surface area contributed by atoms with Gasteiger partial charge in [-0.2, -0.15) is 0 Å². The standard InChI is InChI=1S/C33H23FNO/c1-20-14-15-26-28-18-22(34)19-29(32(28)36-33(26)31(20)30-13-7-8-16-35(30)2)27-17-21-9-3-4-10-23(21)24-11-5-6-12-25(24)27/h3-19H,1-2H3/q+1/i17D. The third kappa shape index (κ3) is 2.99. The highest BCUT2D eigenvalue weighted by Gasteiger charge is 2.23. The molecule has 0 spiro atoms. The Bertz CT molecular complexity index is 2040. The second kappa shape index (κ2) is 7.76. The normalized spacial score (nSPS) is 12.1. The second-order valence-corrected chi connectivity index (χ2v) is 9.35. The molecule has 2 aromatic heterocycles. The van der Waals surface area contributed by atoms with E-state index in [2.05, 4.69) is 29.7 Å². The minimum absolute atomic E-state index is 0.353. The molecule has 3 heteroatoms. The molecule has 5 aromatic carbocycles. The van der Waals surface area contributed by atoms with Crippen molar-refractivity contribution in [2.24, 2.45) is 7.05 Å². The van der Waals surface area contributed by atoms with Crippen molar-refractivity contribution in [1.82, 2.24) is 0 Å². The number of nitrogens with zero attached hydrogens (tertiary/aromatic N) is 1. The molecule has 172 valence electrons. The zero-order chi connectivity index (χ0) is 25.3. The number of halogens is 1. The maximum Gasteiger partial charge on any atom is 0.216 e. The maximum atomic E-state index is 15.3. The largest absolute Gasteiger partial charge is 0.454 e. The first-order valence-electron chi connectivity index (χ1n) is 12.5. The summed E-state index contributed by atoms with van der Waals surface area (Å²) in [5.41, 5.74) is 5.67. The van der Waals surface area contributed by atoms with E-state index in [0.29, 0.717) is 28.1 Å². The molecular weight excluding hydrogens is 445 g/mol. The number of hydrogen-bond acceptors (Lipinski definition) is 1. The van der Waals surface area contributed by atoms with Crippen molar-refractivity contribution < 1.29 is 14.7 Å². The lowest BCUT2D eigenvalue weighted by molar-refractivity contribution is -0.660. The Morgan fingerprint density at radius 3 is 2.31 bits per heavy atom. The summed E-state index contributed by atoms with van der Waals surface area (Å²) in [7, 11) is 2.01. The summed E-state index contributed by atoms with van der Waals surface area (Å²) < 4.78 is 33.2. The smallest absolute Gasteiger partial charge is 0.216 e. The summed E-state index contributed by atoms with van der Waals surface area (Å²) >= 11 is 0. The molecule has 0 amide bonds. The average molecular weight is 470 g/mol. The van der Waals surface area contributed by atoms with Crippen molar-refractivity contribution in [2.75, 3.05) is 0 Å². The first kappa shape index (κ1) is 19.8. The molecule has 0 bridgehead atoms. The van der Waals surface area contributed by atoms with Gasteiger partial charge in [0.2, 0.25) is 5.69 Å². The first-order chi connectivity index (χ1) is 18.0. The fourth-order valence-corrected chi connectivity index (χ4v) is 5.47. The molecule has 36 heavy (non-hydrogen) atoms. The molecule has 2 nitrogen and oxygen atoms in total. The van der Waals surface area contributed by atoms with Crippen LogP contribution in [0, 0.1) is 12.7 Å². The van der Waals surface area contributed by atoms with Gasteiger partial charge >= 0.3 is 0 Å². The SMILES string of the molecule is [2H]c1c(-c2cc(F)cc3c2oc2c(-c4cccc[n+]4C)c(C)ccc23)c2ccccc2c2ccccc12. The summed E-state index contributed by atoms with van der Waals surface area (Å²) in [5.74, 6) is -0.353. The molecule has 0 unspecified atom stereocenters. The number of fused-ring (bicyclic) bond motifs is 6. The highest BCUT2D eigenvalue weighted by molar-refractivity contribution is 6.18. The predicted octanol–water partition coefficient (Wildman–Crippen LogP) is 8.50. The fourth-order valence-electron chi connectivity index (χ4n) is 5.47. The predicted molar refractivity (Wildman–Crippen MR) is 145 cm³/mol. The van der Waals surface area contributed by atoms with E-state index in [-0.39, 0.29) is 5.82 Å². The van der Waals surface area contributed by atoms with Crippen molar-refractivity contribution in [1.29, 1.82) is 0 Å². The van der Waals surface area contributed by atoms with E-state index < -0.39 is 0 Å². The molecule has 0 aliphatic carbocycles. The van der Waals surface area contributed by atoms with Crippen LogP contribution in [0.25, 0.3) is 65.9 Å². The highest BCUT2D eigenvalue weighted by atomic mass is 19.1. The van der Waals surface area contributed by atoms with Crippen molar-refractivity contribution in [3.8, 4) is 22.4 Å². The van der Waals surface area contributed by atoms with E-state index in [1.54, 1.807) is 6.07 Å². The van der Waals surface area contributed by atoms with Gasteiger partial charge in [-0.15, -0.1) is 0 Å². The molecule has 0 saturated carbocycles. The van der Waals surface area contributed by atoms with E-state index >= 15 is 4.39 Å². The zero-order valence-electron chi connectivity index (χ0n) is 21.0. The Morgan fingerprint density at radius 2 is 1.47 bits per heavy atom. The van der Waals surface area contributed by atoms with Gasteiger partial charge in [-0.25, -0.2) is 8.96 Å². The number of aromatic nitrogens is 1. The minimum atomic E-state index is -0.353. The van der Waals surface area contributed by atoms with Gasteiger partial charge < -0.3 is 4.42 Å². The molecule has 0 atom stereocenters. The Kier molecular flexibility index (Phi) is 4.26. The Morgan fingerprint density at radius 1 is 0.722 bits per heavy atom. The number of aryl methyl sites for hydroxylation is 2. The van der Waals surface area contributed by atoms with Crippen molar-refractivity contribution in [3.05, 3.63) is 115 Å². The lowest BCUT2D eigenvalue weighted by Crippen LogP contribution is -2.30. The lowest BCUT2D eigenvalue weighted by atomic mass is 9.92. The van der Waals surface area contributed by atoms with Crippen LogP contribution in [-0.2, 0) is 7.05 Å². The summed E-state index contributed by atoms with van der Waals surface area (Å²) in [6, 6.07) is 29.5. The molecule has 2 heterocycles. The van der Waals surface area contributed by atoms with Crippen LogP contribution in [0.15, 0.2) is 108 Å². The zero-order valence-corrected chi connectivity index (χ0v) is 20.0. The van der Waals surface area contributed by atoms with Crippen LogP contribution in [-0.4, -0.2) is 0 Å². The van der Waals surface area contributed by atoms with E-state index in [0.717, 1.165) is 49.3 Å². The highest BCUT2D eigenvalue weighted by Crippen LogP contribution is 2.43. The van der Waals surface area contributed by atoms with E-state index in [1.165, 1.54) is 6.07 Å². The third-order valence-corrected chi connectivity index (χ3v) is 7.17. The van der Waals surface area contributed by atoms with Crippen LogP contribution in [0.3, 0.4) is 0 Å². The van der Waals surface area contributed by atoms with Gasteiger partial charge in [-0.1, -0.05) is 60.7 Å². The number of furan rings is 1.